The van der Waals surface area contributed by atoms with Crippen LogP contribution in [0.4, 0.5) is 0 Å². The van der Waals surface area contributed by atoms with Crippen molar-refractivity contribution >= 4 is 23.2 Å². The third kappa shape index (κ3) is 4.23. The number of hydrogen-bond acceptors (Lipinski definition) is 1. The van der Waals surface area contributed by atoms with Crippen molar-refractivity contribution in [3.05, 3.63) is 69.2 Å². The summed E-state index contributed by atoms with van der Waals surface area (Å²) in [7, 11) is 0. The first-order valence-electron chi connectivity index (χ1n) is 7.32. The molecule has 2 rings (SSSR count). The van der Waals surface area contributed by atoms with E-state index in [1.807, 2.05) is 18.2 Å². The molecule has 3 heteroatoms. The van der Waals surface area contributed by atoms with E-state index >= 15 is 0 Å². The van der Waals surface area contributed by atoms with Crippen LogP contribution in [-0.2, 0) is 6.42 Å². The molecule has 0 saturated carbocycles. The Morgan fingerprint density at radius 3 is 2.29 bits per heavy atom. The van der Waals surface area contributed by atoms with E-state index < -0.39 is 0 Å². The summed E-state index contributed by atoms with van der Waals surface area (Å²) in [5, 5.41) is 4.94. The van der Waals surface area contributed by atoms with Crippen LogP contribution in [0.3, 0.4) is 0 Å². The molecule has 21 heavy (non-hydrogen) atoms. The molecule has 0 amide bonds. The van der Waals surface area contributed by atoms with Crippen molar-refractivity contribution in [3.63, 3.8) is 0 Å². The monoisotopic (exact) mass is 321 g/mol. The lowest BCUT2D eigenvalue weighted by Crippen LogP contribution is -2.23. The molecule has 0 spiro atoms. The van der Waals surface area contributed by atoms with Crippen LogP contribution >= 0.6 is 23.2 Å². The summed E-state index contributed by atoms with van der Waals surface area (Å²) in [4.78, 5) is 0. The first-order valence-corrected chi connectivity index (χ1v) is 8.08. The molecule has 1 N–H and O–H groups in total. The average Bonchev–Trinajstić information content (AvgIpc) is 2.47. The van der Waals surface area contributed by atoms with Gasteiger partial charge in [-0.05, 0) is 48.7 Å². The van der Waals surface area contributed by atoms with Crippen LogP contribution in [0, 0.1) is 6.92 Å². The van der Waals surface area contributed by atoms with Crippen LogP contribution in [0.25, 0.3) is 0 Å². The summed E-state index contributed by atoms with van der Waals surface area (Å²) in [6.45, 7) is 6.15. The molecule has 0 aliphatic carbocycles. The molecule has 1 atom stereocenters. The van der Waals surface area contributed by atoms with E-state index in [1.165, 1.54) is 11.1 Å². The third-order valence-electron chi connectivity index (χ3n) is 3.78. The molecule has 2 aromatic carbocycles. The molecule has 0 saturated heterocycles. The first-order chi connectivity index (χ1) is 10.1. The molecule has 0 radical (unpaired) electrons. The maximum absolute atomic E-state index is 6.33. The fourth-order valence-corrected chi connectivity index (χ4v) is 3.18. The number of hydrogen-bond donors (Lipinski definition) is 1. The van der Waals surface area contributed by atoms with E-state index in [2.05, 4.69) is 43.4 Å². The normalized spacial score (nSPS) is 12.4. The molecular formula is C18H21Cl2N. The van der Waals surface area contributed by atoms with E-state index in [1.54, 1.807) is 0 Å². The van der Waals surface area contributed by atoms with Gasteiger partial charge in [-0.3, -0.25) is 0 Å². The van der Waals surface area contributed by atoms with Gasteiger partial charge in [-0.15, -0.1) is 0 Å². The second-order valence-electron chi connectivity index (χ2n) is 5.27. The van der Waals surface area contributed by atoms with Crippen LogP contribution in [0.15, 0.2) is 42.5 Å². The van der Waals surface area contributed by atoms with Gasteiger partial charge in [-0.1, -0.05) is 60.5 Å². The molecule has 112 valence electrons. The Balaban J connectivity index is 2.31. The smallest absolute Gasteiger partial charge is 0.0453 e. The van der Waals surface area contributed by atoms with Gasteiger partial charge in [0.05, 0.1) is 0 Å². The zero-order valence-corrected chi connectivity index (χ0v) is 14.0. The molecule has 1 unspecified atom stereocenters. The van der Waals surface area contributed by atoms with E-state index in [9.17, 15) is 0 Å². The Labute approximate surface area is 137 Å². The predicted molar refractivity (Wildman–Crippen MR) is 92.6 cm³/mol. The minimum Gasteiger partial charge on any atom is -0.316 e. The lowest BCUT2D eigenvalue weighted by atomic mass is 9.89. The predicted octanol–water partition coefficient (Wildman–Crippen LogP) is 5.24. The van der Waals surface area contributed by atoms with Crippen LogP contribution in [0.1, 0.15) is 29.5 Å². The minimum atomic E-state index is 0.364. The summed E-state index contributed by atoms with van der Waals surface area (Å²) >= 11 is 12.7. The highest BCUT2D eigenvalue weighted by atomic mass is 35.5. The standard InChI is InChI=1S/C18H21Cl2N/c1-3-21-12-14(15-8-5-4-7-13(15)2)11-16-17(19)9-6-10-18(16)20/h4-10,14,21H,3,11-12H2,1-2H3. The number of nitrogens with one attached hydrogen (secondary N) is 1. The zero-order chi connectivity index (χ0) is 15.2. The van der Waals surface area contributed by atoms with E-state index in [4.69, 9.17) is 23.2 Å². The Hall–Kier alpha value is -1.02. The molecule has 2 aromatic rings. The third-order valence-corrected chi connectivity index (χ3v) is 4.49. The lowest BCUT2D eigenvalue weighted by molar-refractivity contribution is 0.593. The second kappa shape index (κ2) is 7.84. The van der Waals surface area contributed by atoms with Gasteiger partial charge in [0, 0.05) is 22.5 Å². The van der Waals surface area contributed by atoms with Crippen LogP contribution < -0.4 is 5.32 Å². The molecule has 0 heterocycles. The largest absolute Gasteiger partial charge is 0.316 e. The van der Waals surface area contributed by atoms with Gasteiger partial charge in [0.2, 0.25) is 0 Å². The average molecular weight is 322 g/mol. The minimum absolute atomic E-state index is 0.364. The number of likely N-dealkylation sites (N-methyl/N-ethyl adjacent to an activating group) is 1. The number of halogens is 2. The molecule has 0 aliphatic heterocycles. The van der Waals surface area contributed by atoms with Crippen molar-refractivity contribution < 1.29 is 0 Å². The van der Waals surface area contributed by atoms with Gasteiger partial charge >= 0.3 is 0 Å². The molecule has 0 bridgehead atoms. The Morgan fingerprint density at radius 1 is 1.00 bits per heavy atom. The van der Waals surface area contributed by atoms with E-state index in [0.29, 0.717) is 5.92 Å². The van der Waals surface area contributed by atoms with Gasteiger partial charge in [0.15, 0.2) is 0 Å². The SMILES string of the molecule is CCNCC(Cc1c(Cl)cccc1Cl)c1ccccc1C. The van der Waals surface area contributed by atoms with Crippen LogP contribution in [0.5, 0.6) is 0 Å². The van der Waals surface area contributed by atoms with Gasteiger partial charge in [0.1, 0.15) is 0 Å². The zero-order valence-electron chi connectivity index (χ0n) is 12.5. The first kappa shape index (κ1) is 16.4. The van der Waals surface area contributed by atoms with Crippen molar-refractivity contribution in [1.82, 2.24) is 5.32 Å². The summed E-state index contributed by atoms with van der Waals surface area (Å²) in [5.74, 6) is 0.364. The lowest BCUT2D eigenvalue weighted by Gasteiger charge is -2.21. The second-order valence-corrected chi connectivity index (χ2v) is 6.08. The molecule has 0 fully saturated rings. The summed E-state index contributed by atoms with van der Waals surface area (Å²) in [5.41, 5.74) is 3.70. The number of rotatable bonds is 6. The summed E-state index contributed by atoms with van der Waals surface area (Å²) in [6, 6.07) is 14.2. The quantitative estimate of drug-likeness (QED) is 0.767. The fraction of sp³-hybridized carbons (Fsp3) is 0.333. The molecular weight excluding hydrogens is 301 g/mol. The van der Waals surface area contributed by atoms with Gasteiger partial charge in [-0.2, -0.15) is 0 Å². The van der Waals surface area contributed by atoms with Gasteiger partial charge < -0.3 is 5.32 Å². The van der Waals surface area contributed by atoms with Crippen molar-refractivity contribution in [1.29, 1.82) is 0 Å². The molecule has 1 nitrogen and oxygen atoms in total. The Kier molecular flexibility index (Phi) is 6.10. The highest BCUT2D eigenvalue weighted by Crippen LogP contribution is 2.31. The fourth-order valence-electron chi connectivity index (χ4n) is 2.63. The van der Waals surface area contributed by atoms with Crippen LogP contribution in [0.2, 0.25) is 10.0 Å². The van der Waals surface area contributed by atoms with Crippen molar-refractivity contribution in [2.75, 3.05) is 13.1 Å². The maximum atomic E-state index is 6.33. The summed E-state index contributed by atoms with van der Waals surface area (Å²) < 4.78 is 0. The van der Waals surface area contributed by atoms with Crippen molar-refractivity contribution in [2.24, 2.45) is 0 Å². The number of benzene rings is 2. The molecule has 0 aliphatic rings. The van der Waals surface area contributed by atoms with Crippen molar-refractivity contribution in [2.45, 2.75) is 26.2 Å². The van der Waals surface area contributed by atoms with E-state index in [-0.39, 0.29) is 0 Å². The van der Waals surface area contributed by atoms with Gasteiger partial charge in [0.25, 0.3) is 0 Å². The summed E-state index contributed by atoms with van der Waals surface area (Å²) in [6.07, 6.45) is 0.844. The topological polar surface area (TPSA) is 12.0 Å². The number of aryl methyl sites for hydroxylation is 1. The highest BCUT2D eigenvalue weighted by molar-refractivity contribution is 6.36. The molecule has 0 aromatic heterocycles. The Bertz CT molecular complexity index is 575. The highest BCUT2D eigenvalue weighted by Gasteiger charge is 2.17. The van der Waals surface area contributed by atoms with Gasteiger partial charge in [-0.25, -0.2) is 0 Å². The van der Waals surface area contributed by atoms with Crippen molar-refractivity contribution in [3.8, 4) is 0 Å². The van der Waals surface area contributed by atoms with Crippen LogP contribution in [-0.4, -0.2) is 13.1 Å². The Morgan fingerprint density at radius 2 is 1.67 bits per heavy atom. The van der Waals surface area contributed by atoms with E-state index in [0.717, 1.165) is 35.1 Å². The maximum Gasteiger partial charge on any atom is 0.0453 e.